The van der Waals surface area contributed by atoms with E-state index in [1.807, 2.05) is 73.7 Å². The second-order valence-electron chi connectivity index (χ2n) is 10.5. The molecule has 0 aliphatic carbocycles. The number of aromatic nitrogens is 3. The molecule has 0 spiro atoms. The standard InChI is InChI=1S/C32H39N5O4/c1-22(2)16-18-33-32(39)31(25-13-10-23(3)11-14-25)36(19-17-24-12-15-28(40-4)29(20-24)41-5)30(38)21-37-27-9-7-6-8-26(27)34-35-37/h6-15,20,22,31H,16-19,21H2,1-5H3,(H,33,39). The lowest BCUT2D eigenvalue weighted by atomic mass is 10.0. The topological polar surface area (TPSA) is 98.6 Å². The van der Waals surface area contributed by atoms with Crippen molar-refractivity contribution in [3.8, 4) is 11.5 Å². The fraction of sp³-hybridized carbons (Fsp3) is 0.375. The van der Waals surface area contributed by atoms with Gasteiger partial charge in [-0.1, -0.05) is 67.1 Å². The molecule has 0 radical (unpaired) electrons. The highest BCUT2D eigenvalue weighted by molar-refractivity contribution is 5.89. The Balaban J connectivity index is 1.69. The van der Waals surface area contributed by atoms with E-state index < -0.39 is 6.04 Å². The summed E-state index contributed by atoms with van der Waals surface area (Å²) in [6.45, 7) is 7.02. The molecule has 41 heavy (non-hydrogen) atoms. The average Bonchev–Trinajstić information content (AvgIpc) is 3.38. The molecule has 1 atom stereocenters. The zero-order valence-corrected chi connectivity index (χ0v) is 24.5. The van der Waals surface area contributed by atoms with Crippen molar-refractivity contribution in [3.05, 3.63) is 83.4 Å². The van der Waals surface area contributed by atoms with Crippen LogP contribution in [0.25, 0.3) is 11.0 Å². The van der Waals surface area contributed by atoms with Gasteiger partial charge in [-0.3, -0.25) is 9.59 Å². The molecule has 0 fully saturated rings. The molecular weight excluding hydrogens is 518 g/mol. The van der Waals surface area contributed by atoms with Gasteiger partial charge >= 0.3 is 0 Å². The van der Waals surface area contributed by atoms with Gasteiger partial charge in [0.1, 0.15) is 18.1 Å². The van der Waals surface area contributed by atoms with Crippen LogP contribution in [0.2, 0.25) is 0 Å². The van der Waals surface area contributed by atoms with Crippen molar-refractivity contribution in [3.63, 3.8) is 0 Å². The summed E-state index contributed by atoms with van der Waals surface area (Å²) in [5.41, 5.74) is 4.24. The lowest BCUT2D eigenvalue weighted by molar-refractivity contribution is -0.141. The monoisotopic (exact) mass is 557 g/mol. The van der Waals surface area contributed by atoms with Crippen LogP contribution in [0.1, 0.15) is 43.0 Å². The van der Waals surface area contributed by atoms with Crippen LogP contribution in [-0.2, 0) is 22.6 Å². The third kappa shape index (κ3) is 7.42. The van der Waals surface area contributed by atoms with E-state index >= 15 is 0 Å². The van der Waals surface area contributed by atoms with Gasteiger partial charge in [-0.25, -0.2) is 4.68 Å². The van der Waals surface area contributed by atoms with Gasteiger partial charge in [0.25, 0.3) is 0 Å². The van der Waals surface area contributed by atoms with Gasteiger partial charge in [-0.2, -0.15) is 0 Å². The zero-order chi connectivity index (χ0) is 29.4. The molecule has 0 saturated heterocycles. The van der Waals surface area contributed by atoms with E-state index in [0.29, 0.717) is 42.4 Å². The zero-order valence-electron chi connectivity index (χ0n) is 24.5. The van der Waals surface area contributed by atoms with Gasteiger partial charge in [0.2, 0.25) is 11.8 Å². The van der Waals surface area contributed by atoms with E-state index in [9.17, 15) is 9.59 Å². The van der Waals surface area contributed by atoms with Gasteiger partial charge in [-0.05, 0) is 61.1 Å². The molecule has 0 bridgehead atoms. The number of nitrogens with one attached hydrogen (secondary N) is 1. The molecule has 1 heterocycles. The van der Waals surface area contributed by atoms with Crippen molar-refractivity contribution in [1.29, 1.82) is 0 Å². The SMILES string of the molecule is COc1ccc(CCN(C(=O)Cn2nnc3ccccc32)C(C(=O)NCCC(C)C)c2ccc(C)cc2)cc1OC. The first-order valence-electron chi connectivity index (χ1n) is 13.9. The number of hydrogen-bond donors (Lipinski definition) is 1. The van der Waals surface area contributed by atoms with E-state index in [1.54, 1.807) is 23.8 Å². The van der Waals surface area contributed by atoms with E-state index in [4.69, 9.17) is 9.47 Å². The highest BCUT2D eigenvalue weighted by Crippen LogP contribution is 2.29. The predicted molar refractivity (Wildman–Crippen MR) is 159 cm³/mol. The van der Waals surface area contributed by atoms with Crippen molar-refractivity contribution in [2.75, 3.05) is 27.3 Å². The number of ether oxygens (including phenoxy) is 2. The first kappa shape index (κ1) is 29.6. The smallest absolute Gasteiger partial charge is 0.247 e. The molecule has 9 heteroatoms. The fourth-order valence-electron chi connectivity index (χ4n) is 4.74. The van der Waals surface area contributed by atoms with E-state index in [0.717, 1.165) is 28.6 Å². The highest BCUT2D eigenvalue weighted by atomic mass is 16.5. The van der Waals surface area contributed by atoms with Crippen LogP contribution < -0.4 is 14.8 Å². The Labute approximate surface area is 241 Å². The van der Waals surface area contributed by atoms with Crippen LogP contribution in [0.4, 0.5) is 0 Å². The maximum absolute atomic E-state index is 14.1. The number of nitrogens with zero attached hydrogens (tertiary/aromatic N) is 4. The predicted octanol–water partition coefficient (Wildman–Crippen LogP) is 4.73. The number of hydrogen-bond acceptors (Lipinski definition) is 6. The average molecular weight is 558 g/mol. The fourth-order valence-corrected chi connectivity index (χ4v) is 4.74. The van der Waals surface area contributed by atoms with Crippen LogP contribution in [0.3, 0.4) is 0 Å². The molecular formula is C32H39N5O4. The minimum atomic E-state index is -0.815. The number of methoxy groups -OCH3 is 2. The number of benzene rings is 3. The van der Waals surface area contributed by atoms with Crippen LogP contribution in [0.5, 0.6) is 11.5 Å². The Morgan fingerprint density at radius 2 is 1.71 bits per heavy atom. The van der Waals surface area contributed by atoms with Crippen molar-refractivity contribution in [2.45, 2.75) is 46.2 Å². The maximum atomic E-state index is 14.1. The van der Waals surface area contributed by atoms with E-state index in [1.165, 1.54) is 0 Å². The number of fused-ring (bicyclic) bond motifs is 1. The molecule has 4 aromatic rings. The summed E-state index contributed by atoms with van der Waals surface area (Å²) in [5, 5.41) is 11.5. The third-order valence-electron chi connectivity index (χ3n) is 7.09. The molecule has 1 aromatic heterocycles. The van der Waals surface area contributed by atoms with Gasteiger partial charge in [0.15, 0.2) is 11.5 Å². The first-order valence-corrected chi connectivity index (χ1v) is 13.9. The largest absolute Gasteiger partial charge is 0.493 e. The Kier molecular flexibility index (Phi) is 9.95. The van der Waals surface area contributed by atoms with Crippen LogP contribution in [-0.4, -0.2) is 59.0 Å². The van der Waals surface area contributed by atoms with E-state index in [2.05, 4.69) is 29.5 Å². The molecule has 216 valence electrons. The number of carbonyl (C=O) groups excluding carboxylic acids is 2. The molecule has 1 N–H and O–H groups in total. The number of carbonyl (C=O) groups is 2. The second-order valence-corrected chi connectivity index (χ2v) is 10.5. The molecule has 1 unspecified atom stereocenters. The Hall–Kier alpha value is -4.40. The van der Waals surface area contributed by atoms with Gasteiger partial charge in [0, 0.05) is 13.1 Å². The second kappa shape index (κ2) is 13.8. The Bertz CT molecular complexity index is 1460. The minimum absolute atomic E-state index is 0.0475. The summed E-state index contributed by atoms with van der Waals surface area (Å²) in [6, 6.07) is 20.1. The van der Waals surface area contributed by atoms with Crippen LogP contribution in [0.15, 0.2) is 66.7 Å². The van der Waals surface area contributed by atoms with Crippen molar-refractivity contribution in [1.82, 2.24) is 25.2 Å². The minimum Gasteiger partial charge on any atom is -0.493 e. The third-order valence-corrected chi connectivity index (χ3v) is 7.09. The molecule has 2 amide bonds. The Morgan fingerprint density at radius 1 is 0.976 bits per heavy atom. The van der Waals surface area contributed by atoms with Crippen molar-refractivity contribution in [2.24, 2.45) is 5.92 Å². The highest BCUT2D eigenvalue weighted by Gasteiger charge is 2.32. The maximum Gasteiger partial charge on any atom is 0.247 e. The summed E-state index contributed by atoms with van der Waals surface area (Å²) >= 11 is 0. The lowest BCUT2D eigenvalue weighted by Gasteiger charge is -2.32. The first-order chi connectivity index (χ1) is 19.8. The summed E-state index contributed by atoms with van der Waals surface area (Å²) in [7, 11) is 3.19. The number of rotatable bonds is 13. The van der Waals surface area contributed by atoms with E-state index in [-0.39, 0.29) is 18.4 Å². The molecule has 0 aliphatic rings. The summed E-state index contributed by atoms with van der Waals surface area (Å²) < 4.78 is 12.5. The quantitative estimate of drug-likeness (QED) is 0.255. The van der Waals surface area contributed by atoms with Gasteiger partial charge in [-0.15, -0.1) is 5.10 Å². The lowest BCUT2D eigenvalue weighted by Crippen LogP contribution is -2.46. The van der Waals surface area contributed by atoms with Crippen molar-refractivity contribution < 1.29 is 19.1 Å². The summed E-state index contributed by atoms with van der Waals surface area (Å²) in [4.78, 5) is 29.5. The molecule has 0 saturated carbocycles. The van der Waals surface area contributed by atoms with Crippen LogP contribution in [0, 0.1) is 12.8 Å². The number of para-hydroxylation sites is 1. The Morgan fingerprint density at radius 3 is 2.41 bits per heavy atom. The molecule has 3 aromatic carbocycles. The molecule has 9 nitrogen and oxygen atoms in total. The van der Waals surface area contributed by atoms with Gasteiger partial charge in [0.05, 0.1) is 19.7 Å². The number of amides is 2. The summed E-state index contributed by atoms with van der Waals surface area (Å²) in [5.74, 6) is 1.24. The van der Waals surface area contributed by atoms with Gasteiger partial charge < -0.3 is 19.7 Å². The summed E-state index contributed by atoms with van der Waals surface area (Å²) in [6.07, 6.45) is 1.35. The normalized spacial score (nSPS) is 11.9. The van der Waals surface area contributed by atoms with Crippen LogP contribution >= 0.6 is 0 Å². The van der Waals surface area contributed by atoms with Crippen molar-refractivity contribution >= 4 is 22.8 Å². The molecule has 0 aliphatic heterocycles. The number of aryl methyl sites for hydroxylation is 1. The molecule has 4 rings (SSSR count).